The Kier molecular flexibility index (Phi) is 8.20. The monoisotopic (exact) mass is 454 g/mol. The molecule has 1 heterocycles. The van der Waals surface area contributed by atoms with Crippen molar-refractivity contribution in [2.75, 3.05) is 40.5 Å². The van der Waals surface area contributed by atoms with Crippen molar-refractivity contribution in [1.29, 1.82) is 0 Å². The van der Waals surface area contributed by atoms with Gasteiger partial charge in [0.25, 0.3) is 11.8 Å². The molecule has 1 N–H and O–H groups in total. The second-order valence-corrected chi connectivity index (χ2v) is 8.55. The summed E-state index contributed by atoms with van der Waals surface area (Å²) in [6.07, 6.45) is 1.69. The minimum atomic E-state index is -0.126. The molecule has 0 bridgehead atoms. The molecule has 33 heavy (non-hydrogen) atoms. The topological polar surface area (TPSA) is 77.1 Å². The molecule has 0 aromatic heterocycles. The van der Waals surface area contributed by atoms with E-state index in [9.17, 15) is 9.59 Å². The summed E-state index contributed by atoms with van der Waals surface area (Å²) in [7, 11) is 3.12. The first kappa shape index (κ1) is 24.4. The minimum absolute atomic E-state index is 0.00175. The average molecular weight is 455 g/mol. The van der Waals surface area contributed by atoms with Gasteiger partial charge < -0.3 is 24.4 Å². The number of ether oxygens (including phenoxy) is 3. The predicted molar refractivity (Wildman–Crippen MR) is 127 cm³/mol. The normalized spacial score (nSPS) is 14.0. The van der Waals surface area contributed by atoms with E-state index < -0.39 is 0 Å². The number of likely N-dealkylation sites (tertiary alicyclic amines) is 1. The third-order valence-corrected chi connectivity index (χ3v) is 6.34. The van der Waals surface area contributed by atoms with E-state index in [1.54, 1.807) is 32.4 Å². The van der Waals surface area contributed by atoms with Crippen molar-refractivity contribution in [2.45, 2.75) is 33.6 Å². The molecule has 2 amide bonds. The number of hydrogen-bond donors (Lipinski definition) is 1. The van der Waals surface area contributed by atoms with Gasteiger partial charge in [0, 0.05) is 25.2 Å². The third kappa shape index (κ3) is 5.97. The van der Waals surface area contributed by atoms with Gasteiger partial charge in [-0.15, -0.1) is 0 Å². The lowest BCUT2D eigenvalue weighted by atomic mass is 9.96. The Bertz CT molecular complexity index is 996. The van der Waals surface area contributed by atoms with Gasteiger partial charge in [0.2, 0.25) is 0 Å². The molecule has 0 atom stereocenters. The SMILES string of the molecule is COc1ccc(C(=O)N2CCC(CNC(=O)COc3c(C)ccc(C)c3C)CC2)cc1OC. The van der Waals surface area contributed by atoms with Gasteiger partial charge in [-0.05, 0) is 74.4 Å². The zero-order valence-corrected chi connectivity index (χ0v) is 20.2. The molecule has 0 aliphatic carbocycles. The lowest BCUT2D eigenvalue weighted by Crippen LogP contribution is -2.42. The van der Waals surface area contributed by atoms with Crippen molar-refractivity contribution < 1.29 is 23.8 Å². The van der Waals surface area contributed by atoms with Gasteiger partial charge in [-0.25, -0.2) is 0 Å². The zero-order chi connectivity index (χ0) is 24.0. The van der Waals surface area contributed by atoms with Gasteiger partial charge in [-0.1, -0.05) is 12.1 Å². The van der Waals surface area contributed by atoms with Crippen LogP contribution in [0, 0.1) is 26.7 Å². The molecule has 0 unspecified atom stereocenters. The fraction of sp³-hybridized carbons (Fsp3) is 0.462. The van der Waals surface area contributed by atoms with Gasteiger partial charge >= 0.3 is 0 Å². The summed E-state index contributed by atoms with van der Waals surface area (Å²) < 4.78 is 16.3. The van der Waals surface area contributed by atoms with Gasteiger partial charge in [0.15, 0.2) is 18.1 Å². The van der Waals surface area contributed by atoms with Crippen LogP contribution in [0.4, 0.5) is 0 Å². The molecule has 0 radical (unpaired) electrons. The summed E-state index contributed by atoms with van der Waals surface area (Å²) in [5, 5.41) is 2.98. The molecule has 7 heteroatoms. The summed E-state index contributed by atoms with van der Waals surface area (Å²) >= 11 is 0. The Labute approximate surface area is 196 Å². The van der Waals surface area contributed by atoms with Crippen LogP contribution in [0.3, 0.4) is 0 Å². The van der Waals surface area contributed by atoms with E-state index in [0.717, 1.165) is 35.3 Å². The van der Waals surface area contributed by atoms with Gasteiger partial charge in [-0.2, -0.15) is 0 Å². The van der Waals surface area contributed by atoms with Crippen LogP contribution in [-0.2, 0) is 4.79 Å². The fourth-order valence-electron chi connectivity index (χ4n) is 4.09. The standard InChI is InChI=1S/C26H34N2O5/c1-17-6-7-18(2)25(19(17)3)33-16-24(29)27-15-20-10-12-28(13-11-20)26(30)21-8-9-22(31-4)23(14-21)32-5/h6-9,14,20H,10-13,15-16H2,1-5H3,(H,27,29). The highest BCUT2D eigenvalue weighted by molar-refractivity contribution is 5.95. The Morgan fingerprint density at radius 1 is 0.970 bits per heavy atom. The van der Waals surface area contributed by atoms with E-state index in [4.69, 9.17) is 14.2 Å². The number of hydrogen-bond acceptors (Lipinski definition) is 5. The Morgan fingerprint density at radius 2 is 1.64 bits per heavy atom. The molecule has 2 aromatic rings. The summed E-state index contributed by atoms with van der Waals surface area (Å²) in [6.45, 7) is 7.93. The lowest BCUT2D eigenvalue weighted by molar-refractivity contribution is -0.123. The van der Waals surface area contributed by atoms with E-state index in [1.165, 1.54) is 0 Å². The number of aryl methyl sites for hydroxylation is 2. The first-order valence-electron chi connectivity index (χ1n) is 11.3. The average Bonchev–Trinajstić information content (AvgIpc) is 2.84. The van der Waals surface area contributed by atoms with Crippen molar-refractivity contribution >= 4 is 11.8 Å². The molecular weight excluding hydrogens is 420 g/mol. The van der Waals surface area contributed by atoms with Crippen LogP contribution in [0.5, 0.6) is 17.2 Å². The number of carbonyl (C=O) groups is 2. The predicted octanol–water partition coefficient (Wildman–Crippen LogP) is 3.68. The van der Waals surface area contributed by atoms with Crippen molar-refractivity contribution in [3.8, 4) is 17.2 Å². The molecule has 1 saturated heterocycles. The van der Waals surface area contributed by atoms with Crippen LogP contribution >= 0.6 is 0 Å². The number of amides is 2. The number of methoxy groups -OCH3 is 2. The van der Waals surface area contributed by atoms with E-state index in [-0.39, 0.29) is 18.4 Å². The molecule has 2 aromatic carbocycles. The molecule has 178 valence electrons. The van der Waals surface area contributed by atoms with Gasteiger partial charge in [0.05, 0.1) is 14.2 Å². The van der Waals surface area contributed by atoms with E-state index in [0.29, 0.717) is 42.6 Å². The molecule has 1 aliphatic rings. The Hall–Kier alpha value is -3.22. The molecule has 0 saturated carbocycles. The van der Waals surface area contributed by atoms with E-state index in [1.807, 2.05) is 31.7 Å². The number of rotatable bonds is 8. The third-order valence-electron chi connectivity index (χ3n) is 6.34. The summed E-state index contributed by atoms with van der Waals surface area (Å²) in [5.41, 5.74) is 3.82. The largest absolute Gasteiger partial charge is 0.493 e. The molecule has 1 aliphatic heterocycles. The molecule has 1 fully saturated rings. The van der Waals surface area contributed by atoms with Crippen LogP contribution in [-0.4, -0.2) is 57.2 Å². The van der Waals surface area contributed by atoms with Crippen molar-refractivity contribution in [2.24, 2.45) is 5.92 Å². The quantitative estimate of drug-likeness (QED) is 0.659. The maximum Gasteiger partial charge on any atom is 0.257 e. The maximum atomic E-state index is 12.9. The number of carbonyl (C=O) groups excluding carboxylic acids is 2. The van der Waals surface area contributed by atoms with E-state index in [2.05, 4.69) is 11.4 Å². The van der Waals surface area contributed by atoms with Crippen molar-refractivity contribution in [3.05, 3.63) is 52.6 Å². The molecule has 3 rings (SSSR count). The molecular formula is C26H34N2O5. The van der Waals surface area contributed by atoms with Gasteiger partial charge in [-0.3, -0.25) is 9.59 Å². The number of nitrogens with zero attached hydrogens (tertiary/aromatic N) is 1. The fourth-order valence-corrected chi connectivity index (χ4v) is 4.09. The van der Waals surface area contributed by atoms with Crippen LogP contribution in [0.1, 0.15) is 39.9 Å². The second-order valence-electron chi connectivity index (χ2n) is 8.55. The Balaban J connectivity index is 1.44. The molecule has 0 spiro atoms. The van der Waals surface area contributed by atoms with Crippen LogP contribution in [0.15, 0.2) is 30.3 Å². The van der Waals surface area contributed by atoms with Crippen LogP contribution in [0.25, 0.3) is 0 Å². The Morgan fingerprint density at radius 3 is 2.30 bits per heavy atom. The molecule has 7 nitrogen and oxygen atoms in total. The van der Waals surface area contributed by atoms with Crippen LogP contribution < -0.4 is 19.5 Å². The summed E-state index contributed by atoms with van der Waals surface area (Å²) in [5.74, 6) is 2.12. The number of piperidine rings is 1. The smallest absolute Gasteiger partial charge is 0.257 e. The zero-order valence-electron chi connectivity index (χ0n) is 20.2. The maximum absolute atomic E-state index is 12.9. The lowest BCUT2D eigenvalue weighted by Gasteiger charge is -2.32. The first-order valence-corrected chi connectivity index (χ1v) is 11.3. The first-order chi connectivity index (χ1) is 15.8. The van der Waals surface area contributed by atoms with Gasteiger partial charge in [0.1, 0.15) is 5.75 Å². The van der Waals surface area contributed by atoms with Crippen molar-refractivity contribution in [1.82, 2.24) is 10.2 Å². The highest BCUT2D eigenvalue weighted by Gasteiger charge is 2.24. The summed E-state index contributed by atoms with van der Waals surface area (Å²) in [4.78, 5) is 27.0. The van der Waals surface area contributed by atoms with E-state index >= 15 is 0 Å². The number of nitrogens with one attached hydrogen (secondary N) is 1. The number of benzene rings is 2. The second kappa shape index (κ2) is 11.1. The highest BCUT2D eigenvalue weighted by Crippen LogP contribution is 2.29. The highest BCUT2D eigenvalue weighted by atomic mass is 16.5. The van der Waals surface area contributed by atoms with Crippen LogP contribution in [0.2, 0.25) is 0 Å². The van der Waals surface area contributed by atoms with Crippen molar-refractivity contribution in [3.63, 3.8) is 0 Å². The minimum Gasteiger partial charge on any atom is -0.493 e. The summed E-state index contributed by atoms with van der Waals surface area (Å²) in [6, 6.07) is 9.28.